The summed E-state index contributed by atoms with van der Waals surface area (Å²) in [6.45, 7) is 2.19. The van der Waals surface area contributed by atoms with Crippen LogP contribution in [0.1, 0.15) is 29.8 Å². The Morgan fingerprint density at radius 3 is 2.67 bits per heavy atom. The van der Waals surface area contributed by atoms with E-state index in [2.05, 4.69) is 21.3 Å². The number of pyridine rings is 1. The van der Waals surface area contributed by atoms with E-state index in [1.807, 2.05) is 24.3 Å². The molecule has 1 fully saturated rings. The van der Waals surface area contributed by atoms with Crippen molar-refractivity contribution in [3.63, 3.8) is 0 Å². The molecular weight excluding hydrogens is 262 g/mol. The summed E-state index contributed by atoms with van der Waals surface area (Å²) in [7, 11) is 0. The number of hydrogen-bond donors (Lipinski definition) is 1. The van der Waals surface area contributed by atoms with Gasteiger partial charge in [0.15, 0.2) is 0 Å². The quantitative estimate of drug-likeness (QED) is 0.938. The Morgan fingerprint density at radius 1 is 1.05 bits per heavy atom. The van der Waals surface area contributed by atoms with Crippen molar-refractivity contribution in [1.29, 1.82) is 0 Å². The molecule has 1 aromatic heterocycles. The van der Waals surface area contributed by atoms with E-state index in [1.165, 1.54) is 24.9 Å². The molecule has 1 aliphatic heterocycles. The van der Waals surface area contributed by atoms with Crippen LogP contribution in [0.5, 0.6) is 0 Å². The fourth-order valence-corrected chi connectivity index (χ4v) is 2.62. The van der Waals surface area contributed by atoms with E-state index in [0.29, 0.717) is 5.69 Å². The van der Waals surface area contributed by atoms with Crippen molar-refractivity contribution in [2.45, 2.75) is 19.3 Å². The molecule has 4 nitrogen and oxygen atoms in total. The Balaban J connectivity index is 1.72. The first-order valence-corrected chi connectivity index (χ1v) is 7.40. The Kier molecular flexibility index (Phi) is 4.15. The van der Waals surface area contributed by atoms with Crippen LogP contribution >= 0.6 is 0 Å². The highest BCUT2D eigenvalue weighted by atomic mass is 16.1. The zero-order chi connectivity index (χ0) is 14.5. The van der Waals surface area contributed by atoms with Crippen LogP contribution in [0, 0.1) is 0 Å². The fraction of sp³-hybridized carbons (Fsp3) is 0.294. The number of nitrogens with zero attached hydrogens (tertiary/aromatic N) is 2. The third-order valence-electron chi connectivity index (χ3n) is 3.72. The van der Waals surface area contributed by atoms with Gasteiger partial charge in [-0.15, -0.1) is 0 Å². The minimum Gasteiger partial charge on any atom is -0.371 e. The first-order chi connectivity index (χ1) is 10.3. The van der Waals surface area contributed by atoms with Crippen molar-refractivity contribution < 1.29 is 4.79 Å². The van der Waals surface area contributed by atoms with Crippen molar-refractivity contribution in [3.05, 3.63) is 54.4 Å². The minimum atomic E-state index is -0.175. The van der Waals surface area contributed by atoms with E-state index >= 15 is 0 Å². The van der Waals surface area contributed by atoms with Gasteiger partial charge in [0.25, 0.3) is 5.91 Å². The second kappa shape index (κ2) is 6.39. The molecule has 108 valence electrons. The lowest BCUT2D eigenvalue weighted by molar-refractivity contribution is 0.102. The van der Waals surface area contributed by atoms with Crippen LogP contribution in [0.3, 0.4) is 0 Å². The molecule has 0 unspecified atom stereocenters. The highest BCUT2D eigenvalue weighted by Crippen LogP contribution is 2.23. The van der Waals surface area contributed by atoms with Gasteiger partial charge < -0.3 is 10.2 Å². The van der Waals surface area contributed by atoms with Gasteiger partial charge in [0.2, 0.25) is 0 Å². The molecule has 2 aromatic rings. The number of aromatic nitrogens is 1. The number of rotatable bonds is 3. The molecule has 3 rings (SSSR count). The number of hydrogen-bond acceptors (Lipinski definition) is 3. The van der Waals surface area contributed by atoms with Crippen LogP contribution < -0.4 is 10.2 Å². The summed E-state index contributed by atoms with van der Waals surface area (Å²) < 4.78 is 0. The van der Waals surface area contributed by atoms with Gasteiger partial charge >= 0.3 is 0 Å². The zero-order valence-corrected chi connectivity index (χ0v) is 12.0. The van der Waals surface area contributed by atoms with E-state index < -0.39 is 0 Å². The predicted octanol–water partition coefficient (Wildman–Crippen LogP) is 3.32. The summed E-state index contributed by atoms with van der Waals surface area (Å²) in [5, 5.41) is 2.91. The molecule has 0 atom stereocenters. The molecule has 1 aromatic carbocycles. The van der Waals surface area contributed by atoms with E-state index in [4.69, 9.17) is 0 Å². The summed E-state index contributed by atoms with van der Waals surface area (Å²) in [5.41, 5.74) is 2.42. The molecule has 1 N–H and O–H groups in total. The Bertz CT molecular complexity index is 606. The largest absolute Gasteiger partial charge is 0.371 e. The summed E-state index contributed by atoms with van der Waals surface area (Å²) in [6, 6.07) is 13.4. The normalized spacial score (nSPS) is 14.8. The maximum Gasteiger partial charge on any atom is 0.274 e. The van der Waals surface area contributed by atoms with Crippen LogP contribution in [-0.2, 0) is 0 Å². The third-order valence-corrected chi connectivity index (χ3v) is 3.72. The van der Waals surface area contributed by atoms with E-state index in [0.717, 1.165) is 18.8 Å². The predicted molar refractivity (Wildman–Crippen MR) is 84.7 cm³/mol. The number of carbonyl (C=O) groups is 1. The van der Waals surface area contributed by atoms with Crippen molar-refractivity contribution in [1.82, 2.24) is 4.98 Å². The molecule has 0 saturated carbocycles. The monoisotopic (exact) mass is 281 g/mol. The molecule has 21 heavy (non-hydrogen) atoms. The average Bonchev–Trinajstić information content (AvgIpc) is 2.57. The molecule has 1 saturated heterocycles. The number of benzene rings is 1. The van der Waals surface area contributed by atoms with Crippen LogP contribution in [0.15, 0.2) is 48.7 Å². The summed E-state index contributed by atoms with van der Waals surface area (Å²) in [6.07, 6.45) is 5.42. The molecule has 1 aliphatic rings. The Labute approximate surface area is 124 Å². The summed E-state index contributed by atoms with van der Waals surface area (Å²) in [5.74, 6) is -0.175. The molecule has 2 heterocycles. The van der Waals surface area contributed by atoms with Crippen molar-refractivity contribution in [2.24, 2.45) is 0 Å². The molecule has 1 amide bonds. The third kappa shape index (κ3) is 3.40. The first-order valence-electron chi connectivity index (χ1n) is 7.40. The lowest BCUT2D eigenvalue weighted by atomic mass is 10.1. The summed E-state index contributed by atoms with van der Waals surface area (Å²) in [4.78, 5) is 18.6. The van der Waals surface area contributed by atoms with Gasteiger partial charge in [-0.25, -0.2) is 0 Å². The lowest BCUT2D eigenvalue weighted by Gasteiger charge is -2.29. The second-order valence-corrected chi connectivity index (χ2v) is 5.27. The van der Waals surface area contributed by atoms with Gasteiger partial charge in [-0.1, -0.05) is 12.1 Å². The van der Waals surface area contributed by atoms with Crippen LogP contribution in [0.25, 0.3) is 0 Å². The number of nitrogens with one attached hydrogen (secondary N) is 1. The SMILES string of the molecule is O=C(Nc1cccc(N2CCCCC2)c1)c1ccccn1. The minimum absolute atomic E-state index is 0.175. The Hall–Kier alpha value is -2.36. The van der Waals surface area contributed by atoms with Gasteiger partial charge in [0.1, 0.15) is 5.69 Å². The average molecular weight is 281 g/mol. The van der Waals surface area contributed by atoms with E-state index in [1.54, 1.807) is 18.3 Å². The maximum absolute atomic E-state index is 12.1. The number of carbonyl (C=O) groups excluding carboxylic acids is 1. The topological polar surface area (TPSA) is 45.2 Å². The van der Waals surface area contributed by atoms with Crippen LogP contribution in [0.4, 0.5) is 11.4 Å². The zero-order valence-electron chi connectivity index (χ0n) is 12.0. The first kappa shape index (κ1) is 13.6. The van der Waals surface area contributed by atoms with Crippen LogP contribution in [-0.4, -0.2) is 24.0 Å². The molecule has 4 heteroatoms. The van der Waals surface area contributed by atoms with Gasteiger partial charge in [-0.05, 0) is 49.6 Å². The van der Waals surface area contributed by atoms with Crippen LogP contribution in [0.2, 0.25) is 0 Å². The maximum atomic E-state index is 12.1. The molecule has 0 bridgehead atoms. The van der Waals surface area contributed by atoms with E-state index in [-0.39, 0.29) is 5.91 Å². The summed E-state index contributed by atoms with van der Waals surface area (Å²) >= 11 is 0. The van der Waals surface area contributed by atoms with Gasteiger partial charge in [-0.3, -0.25) is 9.78 Å². The molecule has 0 spiro atoms. The fourth-order valence-electron chi connectivity index (χ4n) is 2.62. The highest BCUT2D eigenvalue weighted by molar-refractivity contribution is 6.03. The number of anilines is 2. The van der Waals surface area contributed by atoms with Gasteiger partial charge in [0, 0.05) is 30.7 Å². The smallest absolute Gasteiger partial charge is 0.274 e. The number of piperidine rings is 1. The Morgan fingerprint density at radius 2 is 1.90 bits per heavy atom. The van der Waals surface area contributed by atoms with Gasteiger partial charge in [-0.2, -0.15) is 0 Å². The molecular formula is C17H19N3O. The standard InChI is InChI=1S/C17H19N3O/c21-17(16-9-2-3-10-18-16)19-14-7-6-8-15(13-14)20-11-4-1-5-12-20/h2-3,6-10,13H,1,4-5,11-12H2,(H,19,21). The number of amides is 1. The van der Waals surface area contributed by atoms with Crippen molar-refractivity contribution in [3.8, 4) is 0 Å². The lowest BCUT2D eigenvalue weighted by Crippen LogP contribution is -2.29. The highest BCUT2D eigenvalue weighted by Gasteiger charge is 2.12. The van der Waals surface area contributed by atoms with E-state index in [9.17, 15) is 4.79 Å². The van der Waals surface area contributed by atoms with Gasteiger partial charge in [0.05, 0.1) is 0 Å². The van der Waals surface area contributed by atoms with Crippen molar-refractivity contribution >= 4 is 17.3 Å². The molecule has 0 radical (unpaired) electrons. The second-order valence-electron chi connectivity index (χ2n) is 5.27. The molecule has 0 aliphatic carbocycles. The van der Waals surface area contributed by atoms with Crippen molar-refractivity contribution in [2.75, 3.05) is 23.3 Å².